The molecule has 3 N–H and O–H groups in total. The number of hydrogen-bond acceptors (Lipinski definition) is 4. The van der Waals surface area contributed by atoms with Crippen molar-refractivity contribution in [2.24, 2.45) is 5.92 Å². The molecule has 0 aromatic heterocycles. The van der Waals surface area contributed by atoms with Crippen LogP contribution in [0.1, 0.15) is 31.4 Å². The maximum atomic E-state index is 10.7. The number of aliphatic carboxylic acids is 1. The number of nitrogens with zero attached hydrogens (tertiary/aromatic N) is 1. The molecule has 0 amide bonds. The number of phenolic OH excluding ortho intramolecular Hbond substituents is 2. The number of rotatable bonds is 4. The van der Waals surface area contributed by atoms with Gasteiger partial charge in [0, 0.05) is 30.6 Å². The number of phenols is 2. The second kappa shape index (κ2) is 5.48. The molecule has 1 fully saturated rings. The van der Waals surface area contributed by atoms with Crippen molar-refractivity contribution < 1.29 is 20.1 Å². The average Bonchev–Trinajstić information content (AvgIpc) is 2.75. The molecule has 0 spiro atoms. The zero-order valence-corrected chi connectivity index (χ0v) is 10.9. The number of hydrogen-bond donors (Lipinski definition) is 3. The first-order valence-electron chi connectivity index (χ1n) is 6.45. The van der Waals surface area contributed by atoms with Crippen LogP contribution in [0.5, 0.6) is 11.5 Å². The van der Waals surface area contributed by atoms with Crippen LogP contribution in [0.2, 0.25) is 0 Å². The van der Waals surface area contributed by atoms with E-state index in [0.717, 1.165) is 25.1 Å². The van der Waals surface area contributed by atoms with Gasteiger partial charge in [0.25, 0.3) is 0 Å². The molecule has 1 saturated heterocycles. The third-order valence-corrected chi connectivity index (χ3v) is 3.79. The molecule has 19 heavy (non-hydrogen) atoms. The van der Waals surface area contributed by atoms with E-state index in [0.29, 0.717) is 0 Å². The minimum absolute atomic E-state index is 0.0133. The standard InChI is InChI=1S/C14H19NO4/c1-9(12-3-2-11(16)7-13(12)17)15-5-4-10(8-15)6-14(18)19/h2-3,7,9-10,16-17H,4-6,8H2,1H3,(H,18,19). The topological polar surface area (TPSA) is 81.0 Å². The highest BCUT2D eigenvalue weighted by molar-refractivity contribution is 5.67. The lowest BCUT2D eigenvalue weighted by Crippen LogP contribution is -2.25. The van der Waals surface area contributed by atoms with Gasteiger partial charge in [-0.3, -0.25) is 9.69 Å². The quantitative estimate of drug-likeness (QED) is 0.775. The van der Waals surface area contributed by atoms with E-state index in [1.54, 1.807) is 12.1 Å². The lowest BCUT2D eigenvalue weighted by Gasteiger charge is -2.25. The van der Waals surface area contributed by atoms with Gasteiger partial charge in [-0.05, 0) is 31.9 Å². The van der Waals surface area contributed by atoms with E-state index < -0.39 is 5.97 Å². The smallest absolute Gasteiger partial charge is 0.303 e. The van der Waals surface area contributed by atoms with E-state index in [1.165, 1.54) is 6.07 Å². The van der Waals surface area contributed by atoms with Crippen LogP contribution in [0.4, 0.5) is 0 Å². The van der Waals surface area contributed by atoms with Crippen LogP contribution in [0, 0.1) is 5.92 Å². The zero-order valence-electron chi connectivity index (χ0n) is 10.9. The summed E-state index contributed by atoms with van der Waals surface area (Å²) in [6, 6.07) is 4.60. The molecular weight excluding hydrogens is 246 g/mol. The summed E-state index contributed by atoms with van der Waals surface area (Å²) in [4.78, 5) is 12.9. The molecule has 1 aromatic rings. The van der Waals surface area contributed by atoms with Crippen molar-refractivity contribution in [3.63, 3.8) is 0 Å². The molecule has 5 heteroatoms. The molecule has 2 atom stereocenters. The number of likely N-dealkylation sites (tertiary alicyclic amines) is 1. The van der Waals surface area contributed by atoms with Crippen LogP contribution < -0.4 is 0 Å². The van der Waals surface area contributed by atoms with Crippen molar-refractivity contribution in [3.8, 4) is 11.5 Å². The van der Waals surface area contributed by atoms with E-state index in [1.807, 2.05) is 6.92 Å². The van der Waals surface area contributed by atoms with Crippen molar-refractivity contribution in [2.75, 3.05) is 13.1 Å². The van der Waals surface area contributed by atoms with E-state index in [-0.39, 0.29) is 29.9 Å². The van der Waals surface area contributed by atoms with Gasteiger partial charge in [0.05, 0.1) is 0 Å². The van der Waals surface area contributed by atoms with E-state index >= 15 is 0 Å². The molecule has 0 aliphatic carbocycles. The Morgan fingerprint density at radius 1 is 1.47 bits per heavy atom. The predicted octanol–water partition coefficient (Wildman–Crippen LogP) is 1.96. The van der Waals surface area contributed by atoms with Gasteiger partial charge in [0.1, 0.15) is 11.5 Å². The lowest BCUT2D eigenvalue weighted by molar-refractivity contribution is -0.138. The predicted molar refractivity (Wildman–Crippen MR) is 70.1 cm³/mol. The Labute approximate surface area is 112 Å². The molecule has 0 bridgehead atoms. The summed E-state index contributed by atoms with van der Waals surface area (Å²) in [6.07, 6.45) is 1.07. The van der Waals surface area contributed by atoms with Crippen molar-refractivity contribution in [3.05, 3.63) is 23.8 Å². The third-order valence-electron chi connectivity index (χ3n) is 3.79. The van der Waals surface area contributed by atoms with E-state index in [9.17, 15) is 15.0 Å². The van der Waals surface area contributed by atoms with Gasteiger partial charge in [-0.1, -0.05) is 6.07 Å². The summed E-state index contributed by atoms with van der Waals surface area (Å²) in [5.41, 5.74) is 0.758. The van der Waals surface area contributed by atoms with Gasteiger partial charge < -0.3 is 15.3 Å². The second-order valence-electron chi connectivity index (χ2n) is 5.17. The maximum Gasteiger partial charge on any atom is 0.303 e. The van der Waals surface area contributed by atoms with Crippen molar-refractivity contribution >= 4 is 5.97 Å². The average molecular weight is 265 g/mol. The first-order chi connectivity index (χ1) is 8.97. The van der Waals surface area contributed by atoms with Crippen LogP contribution >= 0.6 is 0 Å². The van der Waals surface area contributed by atoms with Crippen molar-refractivity contribution in [1.29, 1.82) is 0 Å². The first kappa shape index (κ1) is 13.7. The van der Waals surface area contributed by atoms with Gasteiger partial charge in [0.2, 0.25) is 0 Å². The molecule has 1 aliphatic rings. The van der Waals surface area contributed by atoms with Gasteiger partial charge in [-0.15, -0.1) is 0 Å². The Morgan fingerprint density at radius 3 is 2.84 bits per heavy atom. The number of aromatic hydroxyl groups is 2. The molecular formula is C14H19NO4. The van der Waals surface area contributed by atoms with Crippen LogP contribution in [-0.2, 0) is 4.79 Å². The lowest BCUT2D eigenvalue weighted by atomic mass is 10.0. The summed E-state index contributed by atoms with van der Waals surface area (Å²) in [6.45, 7) is 3.54. The van der Waals surface area contributed by atoms with E-state index in [4.69, 9.17) is 5.11 Å². The maximum absolute atomic E-state index is 10.7. The van der Waals surface area contributed by atoms with Crippen LogP contribution in [-0.4, -0.2) is 39.3 Å². The Hall–Kier alpha value is -1.75. The Bertz CT molecular complexity index is 475. The highest BCUT2D eigenvalue weighted by atomic mass is 16.4. The summed E-state index contributed by atoms with van der Waals surface area (Å²) in [5.74, 6) is -0.459. The molecule has 1 aromatic carbocycles. The van der Waals surface area contributed by atoms with Crippen LogP contribution in [0.25, 0.3) is 0 Å². The molecule has 1 heterocycles. The minimum atomic E-state index is -0.757. The number of carboxylic acids is 1. The SMILES string of the molecule is CC(c1ccc(O)cc1O)N1CCC(CC(=O)O)C1. The largest absolute Gasteiger partial charge is 0.508 e. The fraction of sp³-hybridized carbons (Fsp3) is 0.500. The summed E-state index contributed by atoms with van der Waals surface area (Å²) in [7, 11) is 0. The normalized spacial score (nSPS) is 21.4. The molecule has 104 valence electrons. The Morgan fingerprint density at radius 2 is 2.21 bits per heavy atom. The minimum Gasteiger partial charge on any atom is -0.508 e. The fourth-order valence-corrected chi connectivity index (χ4v) is 2.71. The van der Waals surface area contributed by atoms with Crippen LogP contribution in [0.15, 0.2) is 18.2 Å². The number of carboxylic acid groups (broad SMARTS) is 1. The number of carbonyl (C=O) groups is 1. The second-order valence-corrected chi connectivity index (χ2v) is 5.17. The third kappa shape index (κ3) is 3.17. The monoisotopic (exact) mass is 265 g/mol. The summed E-state index contributed by atoms with van der Waals surface area (Å²) >= 11 is 0. The van der Waals surface area contributed by atoms with Gasteiger partial charge in [-0.25, -0.2) is 0 Å². The molecule has 5 nitrogen and oxygen atoms in total. The molecule has 2 unspecified atom stereocenters. The summed E-state index contributed by atoms with van der Waals surface area (Å²) < 4.78 is 0. The van der Waals surface area contributed by atoms with Crippen molar-refractivity contribution in [1.82, 2.24) is 4.90 Å². The summed E-state index contributed by atoms with van der Waals surface area (Å²) in [5, 5.41) is 27.9. The van der Waals surface area contributed by atoms with Crippen molar-refractivity contribution in [2.45, 2.75) is 25.8 Å². The molecule has 1 aliphatic heterocycles. The molecule has 0 radical (unpaired) electrons. The zero-order chi connectivity index (χ0) is 14.0. The molecule has 2 rings (SSSR count). The first-order valence-corrected chi connectivity index (χ1v) is 6.45. The number of benzene rings is 1. The molecule has 0 saturated carbocycles. The highest BCUT2D eigenvalue weighted by Crippen LogP contribution is 2.34. The van der Waals surface area contributed by atoms with Crippen LogP contribution in [0.3, 0.4) is 0 Å². The van der Waals surface area contributed by atoms with Gasteiger partial charge in [-0.2, -0.15) is 0 Å². The highest BCUT2D eigenvalue weighted by Gasteiger charge is 2.29. The fourth-order valence-electron chi connectivity index (χ4n) is 2.71. The Balaban J connectivity index is 2.04. The van der Waals surface area contributed by atoms with Gasteiger partial charge in [0.15, 0.2) is 0 Å². The van der Waals surface area contributed by atoms with E-state index in [2.05, 4.69) is 4.90 Å². The van der Waals surface area contributed by atoms with Gasteiger partial charge >= 0.3 is 5.97 Å². The Kier molecular flexibility index (Phi) is 3.95.